The number of carbonyl (C=O) groups excluding carboxylic acids is 1. The minimum atomic E-state index is -0.342. The number of furan rings is 1. The summed E-state index contributed by atoms with van der Waals surface area (Å²) in [4.78, 5) is 13.8. The van der Waals surface area contributed by atoms with Crippen LogP contribution in [0.15, 0.2) is 41.0 Å². The molecule has 0 saturated carbocycles. The second-order valence-corrected chi connectivity index (χ2v) is 4.90. The molecule has 3 rings (SSSR count). The number of hydrogen-bond donors (Lipinski definition) is 2. The lowest BCUT2D eigenvalue weighted by Crippen LogP contribution is -2.31. The minimum Gasteiger partial charge on any atom is -0.492 e. The van der Waals surface area contributed by atoms with E-state index in [1.54, 1.807) is 6.07 Å². The smallest absolute Gasteiger partial charge is 0.268 e. The zero-order valence-electron chi connectivity index (χ0n) is 11.5. The van der Waals surface area contributed by atoms with E-state index in [2.05, 4.69) is 10.3 Å². The van der Waals surface area contributed by atoms with Crippen molar-refractivity contribution in [2.24, 2.45) is 5.84 Å². The average molecular weight is 287 g/mol. The van der Waals surface area contributed by atoms with Gasteiger partial charge >= 0.3 is 0 Å². The van der Waals surface area contributed by atoms with Gasteiger partial charge in [-0.3, -0.25) is 15.1 Å². The third-order valence-electron chi connectivity index (χ3n) is 3.52. The van der Waals surface area contributed by atoms with Gasteiger partial charge in [0.15, 0.2) is 0 Å². The molecule has 1 aromatic heterocycles. The van der Waals surface area contributed by atoms with Gasteiger partial charge < -0.3 is 9.15 Å². The molecule has 21 heavy (non-hydrogen) atoms. The summed E-state index contributed by atoms with van der Waals surface area (Å²) >= 11 is 0. The second-order valence-electron chi connectivity index (χ2n) is 4.90. The van der Waals surface area contributed by atoms with Crippen molar-refractivity contribution in [3.8, 4) is 5.75 Å². The molecule has 0 unspecified atom stereocenters. The van der Waals surface area contributed by atoms with Gasteiger partial charge in [0.05, 0.1) is 18.4 Å². The summed E-state index contributed by atoms with van der Waals surface area (Å²) in [6.45, 7) is 2.66. The van der Waals surface area contributed by atoms with Crippen molar-refractivity contribution in [1.29, 1.82) is 0 Å². The molecule has 0 saturated heterocycles. The van der Waals surface area contributed by atoms with E-state index in [-0.39, 0.29) is 5.91 Å². The normalized spacial score (nSPS) is 14.9. The van der Waals surface area contributed by atoms with E-state index in [1.807, 2.05) is 24.3 Å². The van der Waals surface area contributed by atoms with E-state index in [0.717, 1.165) is 24.4 Å². The Hall–Kier alpha value is -2.31. The van der Waals surface area contributed by atoms with Crippen LogP contribution in [0.2, 0.25) is 0 Å². The third-order valence-corrected chi connectivity index (χ3v) is 3.52. The Bertz CT molecular complexity index is 639. The molecule has 0 atom stereocenters. The number of ether oxygens (including phenoxy) is 1. The van der Waals surface area contributed by atoms with Gasteiger partial charge in [-0.15, -0.1) is 0 Å². The number of fused-ring (bicyclic) bond motifs is 1. The lowest BCUT2D eigenvalue weighted by atomic mass is 10.2. The third kappa shape index (κ3) is 2.91. The molecule has 3 N–H and O–H groups in total. The number of amides is 1. The molecule has 6 nitrogen and oxygen atoms in total. The quantitative estimate of drug-likeness (QED) is 0.505. The first-order valence-electron chi connectivity index (χ1n) is 6.78. The molecule has 0 bridgehead atoms. The van der Waals surface area contributed by atoms with Gasteiger partial charge in [-0.1, -0.05) is 18.2 Å². The topological polar surface area (TPSA) is 80.7 Å². The van der Waals surface area contributed by atoms with Crippen molar-refractivity contribution < 1.29 is 13.9 Å². The molecule has 0 fully saturated rings. The van der Waals surface area contributed by atoms with Crippen LogP contribution in [-0.4, -0.2) is 24.0 Å². The first-order chi connectivity index (χ1) is 10.3. The zero-order chi connectivity index (χ0) is 14.7. The predicted octanol–water partition coefficient (Wildman–Crippen LogP) is 1.28. The number of carbonyl (C=O) groups is 1. The lowest BCUT2D eigenvalue weighted by molar-refractivity contribution is 0.0949. The van der Waals surface area contributed by atoms with Crippen molar-refractivity contribution in [2.75, 3.05) is 13.2 Å². The highest BCUT2D eigenvalue weighted by atomic mass is 16.5. The van der Waals surface area contributed by atoms with Gasteiger partial charge in [-0.2, -0.15) is 0 Å². The average Bonchev–Trinajstić information content (AvgIpc) is 2.86. The van der Waals surface area contributed by atoms with Gasteiger partial charge in [0.25, 0.3) is 5.91 Å². The number of nitrogens with one attached hydrogen (secondary N) is 1. The Kier molecular flexibility index (Phi) is 3.89. The first kappa shape index (κ1) is 13.7. The summed E-state index contributed by atoms with van der Waals surface area (Å²) in [7, 11) is 0. The number of nitrogens with two attached hydrogens (primary N) is 1. The number of hydrogen-bond acceptors (Lipinski definition) is 5. The zero-order valence-corrected chi connectivity index (χ0v) is 11.5. The van der Waals surface area contributed by atoms with Gasteiger partial charge in [-0.25, -0.2) is 5.84 Å². The van der Waals surface area contributed by atoms with Gasteiger partial charge in [0.2, 0.25) is 0 Å². The molecule has 2 aromatic rings. The summed E-state index contributed by atoms with van der Waals surface area (Å²) in [5.41, 5.74) is 3.73. The van der Waals surface area contributed by atoms with Crippen molar-refractivity contribution in [1.82, 2.24) is 10.3 Å². The summed E-state index contributed by atoms with van der Waals surface area (Å²) in [6, 6.07) is 9.60. The molecule has 2 heterocycles. The largest absolute Gasteiger partial charge is 0.492 e. The second kappa shape index (κ2) is 5.99. The van der Waals surface area contributed by atoms with E-state index in [9.17, 15) is 4.79 Å². The Labute approximate surface area is 122 Å². The predicted molar refractivity (Wildman–Crippen MR) is 76.4 cm³/mol. The van der Waals surface area contributed by atoms with Crippen LogP contribution in [0.4, 0.5) is 0 Å². The van der Waals surface area contributed by atoms with Crippen LogP contribution in [-0.2, 0) is 13.1 Å². The maximum atomic E-state index is 11.7. The van der Waals surface area contributed by atoms with E-state index in [4.69, 9.17) is 15.0 Å². The monoisotopic (exact) mass is 287 g/mol. The van der Waals surface area contributed by atoms with E-state index >= 15 is 0 Å². The highest BCUT2D eigenvalue weighted by molar-refractivity contribution is 5.94. The van der Waals surface area contributed by atoms with Crippen LogP contribution in [0.1, 0.15) is 21.7 Å². The van der Waals surface area contributed by atoms with Gasteiger partial charge in [0, 0.05) is 18.7 Å². The Morgan fingerprint density at radius 2 is 2.19 bits per heavy atom. The summed E-state index contributed by atoms with van der Waals surface area (Å²) in [6.07, 6.45) is 1.50. The first-order valence-corrected chi connectivity index (χ1v) is 6.78. The number of para-hydroxylation sites is 1. The van der Waals surface area contributed by atoms with E-state index < -0.39 is 0 Å². The molecule has 1 amide bonds. The molecule has 0 aliphatic carbocycles. The van der Waals surface area contributed by atoms with Crippen LogP contribution in [0.3, 0.4) is 0 Å². The van der Waals surface area contributed by atoms with Crippen molar-refractivity contribution >= 4 is 5.91 Å². The molecule has 110 valence electrons. The highest BCUT2D eigenvalue weighted by Gasteiger charge is 2.20. The molecular weight excluding hydrogens is 270 g/mol. The van der Waals surface area contributed by atoms with Crippen LogP contribution in [0.5, 0.6) is 5.75 Å². The van der Waals surface area contributed by atoms with Crippen LogP contribution in [0.25, 0.3) is 0 Å². The molecule has 1 aliphatic heterocycles. The number of nitrogens with zero attached hydrogens (tertiary/aromatic N) is 1. The Morgan fingerprint density at radius 1 is 1.33 bits per heavy atom. The van der Waals surface area contributed by atoms with E-state index in [1.165, 1.54) is 6.26 Å². The van der Waals surface area contributed by atoms with E-state index in [0.29, 0.717) is 24.5 Å². The molecule has 0 radical (unpaired) electrons. The fourth-order valence-electron chi connectivity index (χ4n) is 2.46. The van der Waals surface area contributed by atoms with Gasteiger partial charge in [-0.05, 0) is 12.1 Å². The van der Waals surface area contributed by atoms with Crippen molar-refractivity contribution in [2.45, 2.75) is 13.1 Å². The maximum Gasteiger partial charge on any atom is 0.268 e. The number of hydrazine groups is 1. The summed E-state index contributed by atoms with van der Waals surface area (Å²) in [5, 5.41) is 0. The van der Waals surface area contributed by atoms with Gasteiger partial charge in [0.1, 0.15) is 18.1 Å². The molecule has 1 aliphatic rings. The maximum absolute atomic E-state index is 11.7. The highest BCUT2D eigenvalue weighted by Crippen LogP contribution is 2.24. The summed E-state index contributed by atoms with van der Waals surface area (Å²) in [5.74, 6) is 6.36. The number of benzene rings is 1. The summed E-state index contributed by atoms with van der Waals surface area (Å²) < 4.78 is 11.1. The minimum absolute atomic E-state index is 0.342. The van der Waals surface area contributed by atoms with Crippen LogP contribution >= 0.6 is 0 Å². The van der Waals surface area contributed by atoms with Crippen molar-refractivity contribution in [3.05, 3.63) is 53.5 Å². The molecule has 6 heteroatoms. The van der Waals surface area contributed by atoms with Crippen LogP contribution < -0.4 is 16.0 Å². The Balaban J connectivity index is 1.77. The number of nitrogen functional groups attached to an aromatic ring is 1. The fraction of sp³-hybridized carbons (Fsp3) is 0.267. The standard InChI is InChI=1S/C15H17N3O3/c16-17-15(19)12-5-7-20-14(12)10-18-6-8-21-13-4-2-1-3-11(13)9-18/h1-5,7H,6,8-10,16H2,(H,17,19). The number of rotatable bonds is 3. The molecule has 1 aromatic carbocycles. The lowest BCUT2D eigenvalue weighted by Gasteiger charge is -2.18. The van der Waals surface area contributed by atoms with Crippen LogP contribution in [0, 0.1) is 0 Å². The molecular formula is C15H17N3O3. The molecule has 0 spiro atoms. The van der Waals surface area contributed by atoms with Crippen molar-refractivity contribution in [3.63, 3.8) is 0 Å². The fourth-order valence-corrected chi connectivity index (χ4v) is 2.46. The Morgan fingerprint density at radius 3 is 3.05 bits per heavy atom. The SMILES string of the molecule is NNC(=O)c1ccoc1CN1CCOc2ccccc2C1.